The molecule has 1 rings (SSSR count). The number of halogens is 1. The van der Waals surface area contributed by atoms with Crippen LogP contribution in [0.1, 0.15) is 70.3 Å². The van der Waals surface area contributed by atoms with Gasteiger partial charge in [0.25, 0.3) is 5.91 Å². The molecule has 3 nitrogen and oxygen atoms in total. The first kappa shape index (κ1) is 18.3. The monoisotopic (exact) mass is 356 g/mol. The molecule has 4 heteroatoms. The van der Waals surface area contributed by atoms with Gasteiger partial charge in [-0.1, -0.05) is 47.0 Å². The van der Waals surface area contributed by atoms with E-state index >= 15 is 0 Å². The van der Waals surface area contributed by atoms with Crippen molar-refractivity contribution >= 4 is 21.8 Å². The molecule has 1 amide bonds. The van der Waals surface area contributed by atoms with Gasteiger partial charge in [-0.15, -0.1) is 0 Å². The van der Waals surface area contributed by atoms with Crippen LogP contribution in [-0.4, -0.2) is 17.0 Å². The molecule has 0 aliphatic rings. The van der Waals surface area contributed by atoms with Crippen molar-refractivity contribution in [3.05, 3.63) is 22.4 Å². The number of hydrogen-bond donors (Lipinski definition) is 1. The largest absolute Gasteiger partial charge is 0.350 e. The molecule has 1 heterocycles. The Bertz CT molecular complexity index is 452. The van der Waals surface area contributed by atoms with Crippen LogP contribution in [-0.2, 0) is 6.54 Å². The Hall–Kier alpha value is -0.770. The van der Waals surface area contributed by atoms with E-state index in [1.807, 2.05) is 16.8 Å². The number of aryl methyl sites for hydroxylation is 1. The molecular weight excluding hydrogens is 328 g/mol. The lowest BCUT2D eigenvalue weighted by molar-refractivity contribution is 0.0924. The number of hydrogen-bond acceptors (Lipinski definition) is 1. The lowest BCUT2D eigenvalue weighted by Gasteiger charge is -2.25. The molecular formula is C17H29BrN2O. The lowest BCUT2D eigenvalue weighted by atomic mass is 9.87. The molecule has 0 unspecified atom stereocenters. The van der Waals surface area contributed by atoms with Gasteiger partial charge in [0.05, 0.1) is 0 Å². The molecule has 0 saturated carbocycles. The van der Waals surface area contributed by atoms with Gasteiger partial charge in [-0.3, -0.25) is 4.79 Å². The Morgan fingerprint density at radius 2 is 2.00 bits per heavy atom. The summed E-state index contributed by atoms with van der Waals surface area (Å²) in [5, 5.41) is 3.10. The van der Waals surface area contributed by atoms with Gasteiger partial charge in [0.1, 0.15) is 5.69 Å². The third-order valence-corrected chi connectivity index (χ3v) is 4.18. The van der Waals surface area contributed by atoms with E-state index in [0.29, 0.717) is 0 Å². The summed E-state index contributed by atoms with van der Waals surface area (Å²) in [6.45, 7) is 10.4. The summed E-state index contributed by atoms with van der Waals surface area (Å²) in [5.74, 6) is 0.0257. The van der Waals surface area contributed by atoms with Crippen molar-refractivity contribution < 1.29 is 4.79 Å². The van der Waals surface area contributed by atoms with Crippen molar-refractivity contribution in [2.45, 2.75) is 66.3 Å². The SMILES string of the molecule is CCCCCC(C)(C)CNC(=O)c1cc(Br)cn1CCC. The summed E-state index contributed by atoms with van der Waals surface area (Å²) in [7, 11) is 0. The Kier molecular flexibility index (Phi) is 7.50. The van der Waals surface area contributed by atoms with Crippen LogP contribution in [0.5, 0.6) is 0 Å². The van der Waals surface area contributed by atoms with Gasteiger partial charge in [0.15, 0.2) is 0 Å². The van der Waals surface area contributed by atoms with Crippen molar-refractivity contribution in [1.82, 2.24) is 9.88 Å². The first-order valence-corrected chi connectivity index (χ1v) is 8.83. The van der Waals surface area contributed by atoms with Crippen LogP contribution < -0.4 is 5.32 Å². The second kappa shape index (κ2) is 8.62. The number of nitrogens with zero attached hydrogens (tertiary/aromatic N) is 1. The fourth-order valence-corrected chi connectivity index (χ4v) is 2.91. The molecule has 0 aromatic carbocycles. The summed E-state index contributed by atoms with van der Waals surface area (Å²) in [5.41, 5.74) is 0.901. The number of carbonyl (C=O) groups is 1. The highest BCUT2D eigenvalue weighted by Gasteiger charge is 2.20. The minimum Gasteiger partial charge on any atom is -0.350 e. The predicted molar refractivity (Wildman–Crippen MR) is 92.7 cm³/mol. The minimum atomic E-state index is 0.0257. The number of aromatic nitrogens is 1. The highest BCUT2D eigenvalue weighted by molar-refractivity contribution is 9.10. The quantitative estimate of drug-likeness (QED) is 0.620. The zero-order valence-corrected chi connectivity index (χ0v) is 15.4. The van der Waals surface area contributed by atoms with Gasteiger partial charge in [-0.05, 0) is 40.3 Å². The van der Waals surface area contributed by atoms with Crippen LogP contribution in [0.2, 0.25) is 0 Å². The molecule has 0 spiro atoms. The molecule has 0 atom stereocenters. The summed E-state index contributed by atoms with van der Waals surface area (Å²) in [4.78, 5) is 12.4. The number of unbranched alkanes of at least 4 members (excludes halogenated alkanes) is 2. The number of rotatable bonds is 9. The topological polar surface area (TPSA) is 34.0 Å². The molecule has 0 fully saturated rings. The highest BCUT2D eigenvalue weighted by atomic mass is 79.9. The van der Waals surface area contributed by atoms with E-state index in [4.69, 9.17) is 0 Å². The second-order valence-corrected chi connectivity index (χ2v) is 7.46. The molecule has 0 bridgehead atoms. The Labute approximate surface area is 137 Å². The molecule has 0 aliphatic heterocycles. The summed E-state index contributed by atoms with van der Waals surface area (Å²) in [6, 6.07) is 1.90. The maximum absolute atomic E-state index is 12.4. The average Bonchev–Trinajstić information content (AvgIpc) is 2.78. The second-order valence-electron chi connectivity index (χ2n) is 6.54. The van der Waals surface area contributed by atoms with Gasteiger partial charge >= 0.3 is 0 Å². The summed E-state index contributed by atoms with van der Waals surface area (Å²) in [6.07, 6.45) is 7.89. The van der Waals surface area contributed by atoms with Crippen molar-refractivity contribution in [2.24, 2.45) is 5.41 Å². The third-order valence-electron chi connectivity index (χ3n) is 3.74. The lowest BCUT2D eigenvalue weighted by Crippen LogP contribution is -2.35. The summed E-state index contributed by atoms with van der Waals surface area (Å²) < 4.78 is 2.98. The van der Waals surface area contributed by atoms with Crippen LogP contribution in [0.15, 0.2) is 16.7 Å². The molecule has 0 aliphatic carbocycles. The first-order valence-electron chi connectivity index (χ1n) is 8.03. The predicted octanol–water partition coefficient (Wildman–Crippen LogP) is 5.00. The van der Waals surface area contributed by atoms with E-state index in [1.165, 1.54) is 19.3 Å². The third kappa shape index (κ3) is 6.25. The van der Waals surface area contributed by atoms with Crippen molar-refractivity contribution in [3.8, 4) is 0 Å². The first-order chi connectivity index (χ1) is 9.89. The summed E-state index contributed by atoms with van der Waals surface area (Å²) >= 11 is 3.45. The van der Waals surface area contributed by atoms with Crippen LogP contribution in [0.25, 0.3) is 0 Å². The maximum atomic E-state index is 12.4. The number of carbonyl (C=O) groups excluding carboxylic acids is 1. The van der Waals surface area contributed by atoms with Gasteiger partial charge in [-0.25, -0.2) is 0 Å². The fraction of sp³-hybridized carbons (Fsp3) is 0.706. The van der Waals surface area contributed by atoms with E-state index in [1.54, 1.807) is 0 Å². The van der Waals surface area contributed by atoms with Gasteiger partial charge in [-0.2, -0.15) is 0 Å². The molecule has 0 radical (unpaired) electrons. The average molecular weight is 357 g/mol. The smallest absolute Gasteiger partial charge is 0.267 e. The van der Waals surface area contributed by atoms with Crippen molar-refractivity contribution in [3.63, 3.8) is 0 Å². The fourth-order valence-electron chi connectivity index (χ4n) is 2.44. The van der Waals surface area contributed by atoms with E-state index in [9.17, 15) is 4.79 Å². The van der Waals surface area contributed by atoms with Crippen LogP contribution >= 0.6 is 15.9 Å². The molecule has 1 aromatic heterocycles. The zero-order valence-electron chi connectivity index (χ0n) is 13.8. The van der Waals surface area contributed by atoms with E-state index in [2.05, 4.69) is 48.9 Å². The van der Waals surface area contributed by atoms with Crippen LogP contribution in [0.3, 0.4) is 0 Å². The van der Waals surface area contributed by atoms with Gasteiger partial charge < -0.3 is 9.88 Å². The van der Waals surface area contributed by atoms with E-state index in [-0.39, 0.29) is 11.3 Å². The Balaban J connectivity index is 2.57. The molecule has 1 aromatic rings. The van der Waals surface area contributed by atoms with Crippen molar-refractivity contribution in [2.75, 3.05) is 6.54 Å². The van der Waals surface area contributed by atoms with E-state index < -0.39 is 0 Å². The van der Waals surface area contributed by atoms with Gasteiger partial charge in [0, 0.05) is 23.8 Å². The van der Waals surface area contributed by atoms with Crippen molar-refractivity contribution in [1.29, 1.82) is 0 Å². The molecule has 1 N–H and O–H groups in total. The van der Waals surface area contributed by atoms with Crippen LogP contribution in [0.4, 0.5) is 0 Å². The Morgan fingerprint density at radius 1 is 1.29 bits per heavy atom. The molecule has 120 valence electrons. The zero-order chi connectivity index (χ0) is 15.9. The van der Waals surface area contributed by atoms with E-state index in [0.717, 1.165) is 36.1 Å². The normalized spacial score (nSPS) is 11.7. The van der Waals surface area contributed by atoms with Crippen LogP contribution in [0, 0.1) is 5.41 Å². The van der Waals surface area contributed by atoms with Gasteiger partial charge in [0.2, 0.25) is 0 Å². The molecule has 0 saturated heterocycles. The number of amides is 1. The highest BCUT2D eigenvalue weighted by Crippen LogP contribution is 2.23. The standard InChI is InChI=1S/C17H29BrN2O/c1-5-7-8-9-17(3,4)13-19-16(21)15-11-14(18)12-20(15)10-6-2/h11-12H,5-10,13H2,1-4H3,(H,19,21). The minimum absolute atomic E-state index is 0.0257. The Morgan fingerprint density at radius 3 is 2.62 bits per heavy atom. The number of nitrogens with one attached hydrogen (secondary N) is 1. The maximum Gasteiger partial charge on any atom is 0.267 e. The molecule has 21 heavy (non-hydrogen) atoms.